The van der Waals surface area contributed by atoms with Gasteiger partial charge in [-0.25, -0.2) is 4.98 Å². The number of hydrogen-bond donors (Lipinski definition) is 0. The van der Waals surface area contributed by atoms with Gasteiger partial charge in [0.1, 0.15) is 6.10 Å². The first-order valence-corrected chi connectivity index (χ1v) is 7.57. The Morgan fingerprint density at radius 1 is 1.14 bits per heavy atom. The number of hydrogen-bond acceptors (Lipinski definition) is 3. The quantitative estimate of drug-likeness (QED) is 0.874. The molecule has 1 aromatic carbocycles. The van der Waals surface area contributed by atoms with E-state index in [9.17, 15) is 4.79 Å². The van der Waals surface area contributed by atoms with E-state index in [1.165, 1.54) is 0 Å². The van der Waals surface area contributed by atoms with Crippen molar-refractivity contribution in [3.05, 3.63) is 59.3 Å². The molecular weight excluding hydrogens is 276 g/mol. The number of rotatable bonds is 3. The van der Waals surface area contributed by atoms with Gasteiger partial charge in [-0.1, -0.05) is 23.8 Å². The molecule has 0 saturated carbocycles. The number of nitrogens with zero attached hydrogens (tertiary/aromatic N) is 2. The Hall–Kier alpha value is -2.36. The Morgan fingerprint density at radius 2 is 1.86 bits per heavy atom. The molecule has 0 spiro atoms. The predicted molar refractivity (Wildman–Crippen MR) is 85.1 cm³/mol. The smallest absolute Gasteiger partial charge is 0.253 e. The highest BCUT2D eigenvalue weighted by atomic mass is 16.5. The summed E-state index contributed by atoms with van der Waals surface area (Å²) in [5, 5.41) is 0. The predicted octanol–water partition coefficient (Wildman–Crippen LogP) is 2.99. The lowest BCUT2D eigenvalue weighted by Crippen LogP contribution is -2.31. The second-order valence-corrected chi connectivity index (χ2v) is 5.82. The Morgan fingerprint density at radius 3 is 2.55 bits per heavy atom. The summed E-state index contributed by atoms with van der Waals surface area (Å²) in [6.45, 7) is 5.35. The van der Waals surface area contributed by atoms with Crippen molar-refractivity contribution in [2.75, 3.05) is 13.1 Å². The van der Waals surface area contributed by atoms with Crippen molar-refractivity contribution in [2.45, 2.75) is 26.4 Å². The van der Waals surface area contributed by atoms with Crippen LogP contribution in [0.2, 0.25) is 0 Å². The molecule has 0 bridgehead atoms. The molecule has 114 valence electrons. The molecule has 1 aliphatic rings. The van der Waals surface area contributed by atoms with Gasteiger partial charge in [0.2, 0.25) is 5.88 Å². The van der Waals surface area contributed by atoms with Crippen molar-refractivity contribution in [3.8, 4) is 5.88 Å². The minimum atomic E-state index is 0.0182. The van der Waals surface area contributed by atoms with Crippen LogP contribution in [0.5, 0.6) is 5.88 Å². The molecule has 1 saturated heterocycles. The number of benzene rings is 1. The molecule has 4 heteroatoms. The van der Waals surface area contributed by atoms with Gasteiger partial charge in [-0.3, -0.25) is 4.79 Å². The molecule has 2 aromatic rings. The topological polar surface area (TPSA) is 42.4 Å². The largest absolute Gasteiger partial charge is 0.472 e. The number of aromatic nitrogens is 1. The van der Waals surface area contributed by atoms with Crippen molar-refractivity contribution < 1.29 is 9.53 Å². The number of aryl methyl sites for hydroxylation is 2. The van der Waals surface area contributed by atoms with Crippen LogP contribution >= 0.6 is 0 Å². The first-order valence-electron chi connectivity index (χ1n) is 7.57. The Labute approximate surface area is 130 Å². The van der Waals surface area contributed by atoms with Crippen molar-refractivity contribution in [2.24, 2.45) is 0 Å². The summed E-state index contributed by atoms with van der Waals surface area (Å²) < 4.78 is 5.86. The van der Waals surface area contributed by atoms with Crippen LogP contribution in [-0.2, 0) is 0 Å². The molecular formula is C18H20N2O2. The maximum absolute atomic E-state index is 12.5. The molecule has 1 aliphatic heterocycles. The van der Waals surface area contributed by atoms with Crippen molar-refractivity contribution in [1.82, 2.24) is 9.88 Å². The van der Waals surface area contributed by atoms with Crippen LogP contribution in [-0.4, -0.2) is 35.0 Å². The molecule has 1 aromatic heterocycles. The van der Waals surface area contributed by atoms with E-state index in [0.29, 0.717) is 12.4 Å². The highest BCUT2D eigenvalue weighted by Gasteiger charge is 2.28. The maximum Gasteiger partial charge on any atom is 0.253 e. The number of ether oxygens (including phenoxy) is 1. The van der Waals surface area contributed by atoms with Crippen LogP contribution in [0.25, 0.3) is 0 Å². The Bertz CT molecular complexity index is 650. The Balaban J connectivity index is 1.61. The van der Waals surface area contributed by atoms with E-state index in [0.717, 1.165) is 29.7 Å². The molecule has 0 aliphatic carbocycles. The van der Waals surface area contributed by atoms with Crippen LogP contribution in [0.4, 0.5) is 0 Å². The second kappa shape index (κ2) is 6.18. The lowest BCUT2D eigenvalue weighted by Gasteiger charge is -2.17. The number of carbonyl (C=O) groups excluding carboxylic acids is 1. The maximum atomic E-state index is 12.5. The molecule has 1 unspecified atom stereocenters. The van der Waals surface area contributed by atoms with E-state index < -0.39 is 0 Å². The molecule has 1 amide bonds. The van der Waals surface area contributed by atoms with Gasteiger partial charge in [-0.2, -0.15) is 0 Å². The highest BCUT2D eigenvalue weighted by molar-refractivity contribution is 5.94. The molecule has 2 heterocycles. The van der Waals surface area contributed by atoms with Crippen LogP contribution in [0.1, 0.15) is 27.9 Å². The molecule has 0 N–H and O–H groups in total. The van der Waals surface area contributed by atoms with Gasteiger partial charge in [-0.15, -0.1) is 0 Å². The fraction of sp³-hybridized carbons (Fsp3) is 0.333. The summed E-state index contributed by atoms with van der Waals surface area (Å²) in [5.74, 6) is 0.697. The summed E-state index contributed by atoms with van der Waals surface area (Å²) in [5.41, 5.74) is 3.00. The van der Waals surface area contributed by atoms with E-state index >= 15 is 0 Å². The highest BCUT2D eigenvalue weighted by Crippen LogP contribution is 2.19. The summed E-state index contributed by atoms with van der Waals surface area (Å²) in [4.78, 5) is 18.6. The van der Waals surface area contributed by atoms with Crippen molar-refractivity contribution >= 4 is 5.91 Å². The first-order chi connectivity index (χ1) is 10.6. The van der Waals surface area contributed by atoms with E-state index in [1.54, 1.807) is 6.20 Å². The fourth-order valence-electron chi connectivity index (χ4n) is 2.58. The van der Waals surface area contributed by atoms with Crippen LogP contribution in [0.3, 0.4) is 0 Å². The number of carbonyl (C=O) groups is 1. The van der Waals surface area contributed by atoms with Gasteiger partial charge in [0.15, 0.2) is 0 Å². The average molecular weight is 296 g/mol. The Kier molecular flexibility index (Phi) is 4.09. The minimum absolute atomic E-state index is 0.0182. The van der Waals surface area contributed by atoms with Gasteiger partial charge < -0.3 is 9.64 Å². The molecule has 22 heavy (non-hydrogen) atoms. The third kappa shape index (κ3) is 3.27. The number of amides is 1. The summed E-state index contributed by atoms with van der Waals surface area (Å²) in [7, 11) is 0. The molecule has 4 nitrogen and oxygen atoms in total. The minimum Gasteiger partial charge on any atom is -0.472 e. The van der Waals surface area contributed by atoms with Crippen molar-refractivity contribution in [1.29, 1.82) is 0 Å². The molecule has 1 fully saturated rings. The lowest BCUT2D eigenvalue weighted by molar-refractivity contribution is 0.0771. The number of pyridine rings is 1. The van der Waals surface area contributed by atoms with Gasteiger partial charge in [0.25, 0.3) is 5.91 Å². The fourth-order valence-corrected chi connectivity index (χ4v) is 2.58. The standard InChI is InChI=1S/C18H20N2O2/c1-13-3-6-15(7-4-13)18(21)20-10-9-16(12-20)22-17-8-5-14(2)11-19-17/h3-8,11,16H,9-10,12H2,1-2H3. The SMILES string of the molecule is Cc1ccc(C(=O)N2CCC(Oc3ccc(C)cn3)C2)cc1. The van der Waals surface area contributed by atoms with E-state index in [-0.39, 0.29) is 12.0 Å². The van der Waals surface area contributed by atoms with E-state index in [1.807, 2.05) is 55.1 Å². The van der Waals surface area contributed by atoms with Gasteiger partial charge >= 0.3 is 0 Å². The van der Waals surface area contributed by atoms with E-state index in [4.69, 9.17) is 4.74 Å². The molecule has 3 rings (SSSR count). The second-order valence-electron chi connectivity index (χ2n) is 5.82. The zero-order valence-corrected chi connectivity index (χ0v) is 13.0. The van der Waals surface area contributed by atoms with E-state index in [2.05, 4.69) is 4.98 Å². The van der Waals surface area contributed by atoms with Gasteiger partial charge in [0, 0.05) is 30.8 Å². The number of likely N-dealkylation sites (tertiary alicyclic amines) is 1. The zero-order chi connectivity index (χ0) is 15.5. The van der Waals surface area contributed by atoms with Gasteiger partial charge in [-0.05, 0) is 31.5 Å². The van der Waals surface area contributed by atoms with Crippen LogP contribution in [0.15, 0.2) is 42.6 Å². The average Bonchev–Trinajstić information content (AvgIpc) is 2.98. The van der Waals surface area contributed by atoms with Gasteiger partial charge in [0.05, 0.1) is 6.54 Å². The first kappa shape index (κ1) is 14.6. The molecule has 0 radical (unpaired) electrons. The summed E-state index contributed by atoms with van der Waals surface area (Å²) in [6.07, 6.45) is 2.65. The lowest BCUT2D eigenvalue weighted by atomic mass is 10.1. The monoisotopic (exact) mass is 296 g/mol. The zero-order valence-electron chi connectivity index (χ0n) is 13.0. The normalized spacial score (nSPS) is 17.5. The third-order valence-electron chi connectivity index (χ3n) is 3.90. The molecule has 1 atom stereocenters. The third-order valence-corrected chi connectivity index (χ3v) is 3.90. The van der Waals surface area contributed by atoms with Crippen LogP contribution in [0, 0.1) is 13.8 Å². The summed E-state index contributed by atoms with van der Waals surface area (Å²) >= 11 is 0. The van der Waals surface area contributed by atoms with Crippen LogP contribution < -0.4 is 4.74 Å². The summed E-state index contributed by atoms with van der Waals surface area (Å²) in [6, 6.07) is 11.5. The van der Waals surface area contributed by atoms with Crippen molar-refractivity contribution in [3.63, 3.8) is 0 Å².